The fourth-order valence-electron chi connectivity index (χ4n) is 3.33. The van der Waals surface area contributed by atoms with Crippen LogP contribution in [0.1, 0.15) is 16.2 Å². The Hall–Kier alpha value is -3.78. The van der Waals surface area contributed by atoms with E-state index in [1.54, 1.807) is 43.6 Å². The number of anilines is 1. The van der Waals surface area contributed by atoms with Crippen molar-refractivity contribution in [1.82, 2.24) is 9.97 Å². The number of amides is 1. The van der Waals surface area contributed by atoms with Gasteiger partial charge in [0.25, 0.3) is 5.91 Å². The zero-order chi connectivity index (χ0) is 21.4. The molecule has 0 aliphatic carbocycles. The predicted octanol–water partition coefficient (Wildman–Crippen LogP) is 5.43. The molecule has 2 aromatic carbocycles. The molecule has 0 radical (unpaired) electrons. The number of furan rings is 1. The van der Waals surface area contributed by atoms with Crippen molar-refractivity contribution in [3.05, 3.63) is 84.1 Å². The van der Waals surface area contributed by atoms with Crippen molar-refractivity contribution in [3.63, 3.8) is 0 Å². The minimum Gasteiger partial charge on any atom is -0.493 e. The molecule has 0 aliphatic heterocycles. The minimum absolute atomic E-state index is 0.134. The Morgan fingerprint density at radius 1 is 1.16 bits per heavy atom. The largest absolute Gasteiger partial charge is 0.493 e. The Kier molecular flexibility index (Phi) is 4.83. The van der Waals surface area contributed by atoms with E-state index in [1.165, 1.54) is 22.3 Å². The van der Waals surface area contributed by atoms with Crippen LogP contribution in [0.2, 0.25) is 0 Å². The van der Waals surface area contributed by atoms with E-state index in [0.29, 0.717) is 26.9 Å². The van der Waals surface area contributed by atoms with E-state index in [9.17, 15) is 9.18 Å². The molecule has 6 nitrogen and oxygen atoms in total. The number of nitrogens with zero attached hydrogens (tertiary/aromatic N) is 3. The van der Waals surface area contributed by atoms with Crippen molar-refractivity contribution >= 4 is 43.6 Å². The Balaban J connectivity index is 1.61. The topological polar surface area (TPSA) is 68.5 Å². The lowest BCUT2D eigenvalue weighted by Gasteiger charge is -2.18. The number of hydrogen-bond acceptors (Lipinski definition) is 6. The Labute approximate surface area is 180 Å². The number of carbonyl (C=O) groups excluding carboxylic acids is 1. The molecule has 0 saturated carbocycles. The molecule has 5 aromatic rings. The summed E-state index contributed by atoms with van der Waals surface area (Å²) in [5.41, 5.74) is 1.39. The van der Waals surface area contributed by atoms with Crippen LogP contribution < -0.4 is 9.64 Å². The van der Waals surface area contributed by atoms with Crippen molar-refractivity contribution in [2.24, 2.45) is 0 Å². The number of aromatic nitrogens is 2. The second-order valence-corrected chi connectivity index (χ2v) is 7.79. The van der Waals surface area contributed by atoms with Crippen molar-refractivity contribution in [2.75, 3.05) is 12.0 Å². The van der Waals surface area contributed by atoms with Crippen molar-refractivity contribution in [1.29, 1.82) is 0 Å². The molecule has 0 aliphatic rings. The van der Waals surface area contributed by atoms with Gasteiger partial charge in [-0.25, -0.2) is 9.37 Å². The maximum Gasteiger partial charge on any atom is 0.296 e. The van der Waals surface area contributed by atoms with Crippen molar-refractivity contribution < 1.29 is 18.3 Å². The first-order valence-corrected chi connectivity index (χ1v) is 10.3. The highest BCUT2D eigenvalue weighted by Gasteiger charge is 2.26. The van der Waals surface area contributed by atoms with E-state index < -0.39 is 11.7 Å². The van der Waals surface area contributed by atoms with Gasteiger partial charge in [-0.05, 0) is 36.4 Å². The molecule has 3 aromatic heterocycles. The highest BCUT2D eigenvalue weighted by molar-refractivity contribution is 7.22. The summed E-state index contributed by atoms with van der Waals surface area (Å²) in [4.78, 5) is 23.7. The van der Waals surface area contributed by atoms with Crippen LogP contribution in [0.5, 0.6) is 5.75 Å². The predicted molar refractivity (Wildman–Crippen MR) is 117 cm³/mol. The molecule has 5 rings (SSSR count). The lowest BCUT2D eigenvalue weighted by molar-refractivity contribution is 0.0960. The number of hydrogen-bond donors (Lipinski definition) is 0. The molecule has 31 heavy (non-hydrogen) atoms. The third-order valence-electron chi connectivity index (χ3n) is 4.82. The molecule has 0 spiro atoms. The van der Waals surface area contributed by atoms with Crippen LogP contribution in [-0.4, -0.2) is 23.0 Å². The number of pyridine rings is 1. The van der Waals surface area contributed by atoms with E-state index in [4.69, 9.17) is 9.15 Å². The SMILES string of the molecule is COc1cccc2cc(C(=O)N(Cc3ccccn3)c3nc4c(F)cccc4s3)oc12. The first-order chi connectivity index (χ1) is 15.1. The maximum atomic E-state index is 14.2. The molecular weight excluding hydrogens is 417 g/mol. The van der Waals surface area contributed by atoms with Gasteiger partial charge >= 0.3 is 0 Å². The van der Waals surface area contributed by atoms with E-state index in [0.717, 1.165) is 5.39 Å². The molecule has 0 unspecified atom stereocenters. The van der Waals surface area contributed by atoms with E-state index in [1.807, 2.05) is 24.3 Å². The van der Waals surface area contributed by atoms with Gasteiger partial charge in [-0.3, -0.25) is 14.7 Å². The highest BCUT2D eigenvalue weighted by atomic mass is 32.1. The number of benzene rings is 2. The fraction of sp³-hybridized carbons (Fsp3) is 0.0870. The van der Waals surface area contributed by atoms with Crippen LogP contribution >= 0.6 is 11.3 Å². The van der Waals surface area contributed by atoms with Gasteiger partial charge in [0.15, 0.2) is 22.2 Å². The van der Waals surface area contributed by atoms with Gasteiger partial charge in [0, 0.05) is 11.6 Å². The molecule has 1 amide bonds. The number of fused-ring (bicyclic) bond motifs is 2. The van der Waals surface area contributed by atoms with Crippen LogP contribution in [0.15, 0.2) is 71.3 Å². The number of rotatable bonds is 5. The average Bonchev–Trinajstić information content (AvgIpc) is 3.43. The van der Waals surface area contributed by atoms with Crippen LogP contribution in [0, 0.1) is 5.82 Å². The molecule has 0 N–H and O–H groups in total. The summed E-state index contributed by atoms with van der Waals surface area (Å²) in [6.07, 6.45) is 1.65. The lowest BCUT2D eigenvalue weighted by Crippen LogP contribution is -2.30. The molecular formula is C23H16FN3O3S. The highest BCUT2D eigenvalue weighted by Crippen LogP contribution is 2.34. The summed E-state index contributed by atoms with van der Waals surface area (Å²) in [5.74, 6) is -0.160. The summed E-state index contributed by atoms with van der Waals surface area (Å²) < 4.78 is 26.1. The van der Waals surface area contributed by atoms with E-state index in [-0.39, 0.29) is 17.8 Å². The lowest BCUT2D eigenvalue weighted by atomic mass is 10.2. The van der Waals surface area contributed by atoms with Crippen LogP contribution in [0.4, 0.5) is 9.52 Å². The maximum absolute atomic E-state index is 14.2. The monoisotopic (exact) mass is 433 g/mol. The Morgan fingerprint density at radius 3 is 2.81 bits per heavy atom. The second-order valence-electron chi connectivity index (χ2n) is 6.78. The fourth-order valence-corrected chi connectivity index (χ4v) is 4.31. The second kappa shape index (κ2) is 7.81. The summed E-state index contributed by atoms with van der Waals surface area (Å²) in [6.45, 7) is 0.162. The summed E-state index contributed by atoms with van der Waals surface area (Å²) >= 11 is 1.24. The number of halogens is 1. The van der Waals surface area contributed by atoms with Crippen molar-refractivity contribution in [2.45, 2.75) is 6.54 Å². The number of ether oxygens (including phenoxy) is 1. The van der Waals surface area contributed by atoms with Crippen molar-refractivity contribution in [3.8, 4) is 5.75 Å². The third-order valence-corrected chi connectivity index (χ3v) is 5.86. The number of methoxy groups -OCH3 is 1. The summed E-state index contributed by atoms with van der Waals surface area (Å²) in [6, 6.07) is 17.3. The van der Waals surface area contributed by atoms with Crippen LogP contribution in [0.25, 0.3) is 21.2 Å². The molecule has 0 fully saturated rings. The van der Waals surface area contributed by atoms with Gasteiger partial charge in [-0.15, -0.1) is 0 Å². The first-order valence-electron chi connectivity index (χ1n) is 9.47. The minimum atomic E-state index is -0.432. The average molecular weight is 433 g/mol. The smallest absolute Gasteiger partial charge is 0.296 e. The summed E-state index contributed by atoms with van der Waals surface area (Å²) in [5, 5.41) is 1.11. The quantitative estimate of drug-likeness (QED) is 0.370. The van der Waals surface area contributed by atoms with Gasteiger partial charge in [-0.1, -0.05) is 35.6 Å². The first kappa shape index (κ1) is 19.2. The normalized spacial score (nSPS) is 11.2. The molecule has 8 heteroatoms. The molecule has 3 heterocycles. The summed E-state index contributed by atoms with van der Waals surface area (Å²) in [7, 11) is 1.54. The molecule has 0 saturated heterocycles. The number of thiazole rings is 1. The van der Waals surface area contributed by atoms with Gasteiger partial charge in [-0.2, -0.15) is 0 Å². The standard InChI is InChI=1S/C23H16FN3O3S/c1-29-17-9-4-6-14-12-18(30-21(14)17)22(28)27(13-15-7-2-3-11-25-15)23-26-20-16(24)8-5-10-19(20)31-23/h2-12H,13H2,1H3. The number of para-hydroxylation sites is 2. The zero-order valence-electron chi connectivity index (χ0n) is 16.4. The van der Waals surface area contributed by atoms with Crippen LogP contribution in [0.3, 0.4) is 0 Å². The van der Waals surface area contributed by atoms with Crippen LogP contribution in [-0.2, 0) is 6.54 Å². The third kappa shape index (κ3) is 3.51. The Bertz CT molecular complexity index is 1400. The Morgan fingerprint density at radius 2 is 2.03 bits per heavy atom. The van der Waals surface area contributed by atoms with E-state index in [2.05, 4.69) is 9.97 Å². The van der Waals surface area contributed by atoms with Gasteiger partial charge < -0.3 is 9.15 Å². The van der Waals surface area contributed by atoms with Gasteiger partial charge in [0.1, 0.15) is 11.3 Å². The zero-order valence-corrected chi connectivity index (χ0v) is 17.2. The van der Waals surface area contributed by atoms with E-state index >= 15 is 0 Å². The van der Waals surface area contributed by atoms with Gasteiger partial charge in [0.2, 0.25) is 0 Å². The molecule has 0 atom stereocenters. The molecule has 154 valence electrons. The molecule has 0 bridgehead atoms. The van der Waals surface area contributed by atoms with Gasteiger partial charge in [0.05, 0.1) is 24.0 Å². The number of carbonyl (C=O) groups is 1.